The van der Waals surface area contributed by atoms with Crippen molar-refractivity contribution in [2.24, 2.45) is 0 Å². The molecule has 3 aromatic heterocycles. The second-order valence-electron chi connectivity index (χ2n) is 5.79. The van der Waals surface area contributed by atoms with Crippen LogP contribution >= 0.6 is 0 Å². The minimum absolute atomic E-state index is 0.106. The number of carbonyl (C=O) groups is 1. The van der Waals surface area contributed by atoms with Crippen LogP contribution in [-0.4, -0.2) is 30.6 Å². The van der Waals surface area contributed by atoms with Crippen LogP contribution in [0.25, 0.3) is 27.9 Å². The third-order valence-corrected chi connectivity index (χ3v) is 4.27. The molecule has 0 aliphatic heterocycles. The molecule has 0 spiro atoms. The minimum atomic E-state index is -0.106. The van der Waals surface area contributed by atoms with Crippen LogP contribution in [0.15, 0.2) is 30.3 Å². The molecule has 0 saturated heterocycles. The molecule has 0 fully saturated rings. The summed E-state index contributed by atoms with van der Waals surface area (Å²) >= 11 is 0. The van der Waals surface area contributed by atoms with Crippen molar-refractivity contribution in [1.29, 1.82) is 0 Å². The number of fused-ring (bicyclic) bond motifs is 7. The SMILES string of the molecule is Cc1cc(C)c2c(n1)nn1c3c(nnc21)C(=O)c1ccccc1-3. The highest BCUT2D eigenvalue weighted by Gasteiger charge is 2.32. The van der Waals surface area contributed by atoms with Gasteiger partial charge in [-0.2, -0.15) is 0 Å². The summed E-state index contributed by atoms with van der Waals surface area (Å²) in [6, 6.07) is 9.48. The van der Waals surface area contributed by atoms with Crippen molar-refractivity contribution in [3.05, 3.63) is 52.8 Å². The number of benzene rings is 1. The first-order valence-corrected chi connectivity index (χ1v) is 7.32. The van der Waals surface area contributed by atoms with Crippen molar-refractivity contribution < 1.29 is 4.79 Å². The number of ketones is 1. The van der Waals surface area contributed by atoms with Crippen molar-refractivity contribution in [2.45, 2.75) is 13.8 Å². The molecule has 6 nitrogen and oxygen atoms in total. The van der Waals surface area contributed by atoms with Crippen LogP contribution in [0.3, 0.4) is 0 Å². The number of hydrogen-bond acceptors (Lipinski definition) is 5. The van der Waals surface area contributed by atoms with Crippen LogP contribution in [0, 0.1) is 13.8 Å². The van der Waals surface area contributed by atoms with Gasteiger partial charge in [0.25, 0.3) is 0 Å². The van der Waals surface area contributed by atoms with E-state index in [2.05, 4.69) is 20.3 Å². The lowest BCUT2D eigenvalue weighted by Crippen LogP contribution is -2.04. The molecule has 4 aromatic rings. The monoisotopic (exact) mass is 301 g/mol. The minimum Gasteiger partial charge on any atom is -0.287 e. The highest BCUT2D eigenvalue weighted by molar-refractivity contribution is 6.20. The predicted octanol–water partition coefficient (Wildman–Crippen LogP) is 2.50. The fraction of sp³-hybridized carbons (Fsp3) is 0.118. The van der Waals surface area contributed by atoms with Gasteiger partial charge in [-0.3, -0.25) is 4.79 Å². The van der Waals surface area contributed by atoms with E-state index in [4.69, 9.17) is 0 Å². The Morgan fingerprint density at radius 3 is 2.65 bits per heavy atom. The Hall–Kier alpha value is -3.15. The second-order valence-corrected chi connectivity index (χ2v) is 5.79. The van der Waals surface area contributed by atoms with E-state index in [0.717, 1.165) is 22.2 Å². The van der Waals surface area contributed by atoms with Gasteiger partial charge >= 0.3 is 0 Å². The maximum Gasteiger partial charge on any atom is 0.216 e. The van der Waals surface area contributed by atoms with Crippen molar-refractivity contribution >= 4 is 22.5 Å². The zero-order chi connectivity index (χ0) is 15.7. The highest BCUT2D eigenvalue weighted by Crippen LogP contribution is 2.36. The van der Waals surface area contributed by atoms with Crippen LogP contribution in [0.5, 0.6) is 0 Å². The zero-order valence-corrected chi connectivity index (χ0v) is 12.5. The van der Waals surface area contributed by atoms with Gasteiger partial charge in [-0.1, -0.05) is 24.3 Å². The molecule has 1 aliphatic rings. The number of hydrogen-bond donors (Lipinski definition) is 0. The Morgan fingerprint density at radius 1 is 1.04 bits per heavy atom. The molecule has 0 N–H and O–H groups in total. The van der Waals surface area contributed by atoms with Crippen molar-refractivity contribution in [3.8, 4) is 11.3 Å². The summed E-state index contributed by atoms with van der Waals surface area (Å²) in [6.45, 7) is 3.94. The molecule has 0 unspecified atom stereocenters. The first-order chi connectivity index (χ1) is 11.1. The molecule has 3 heterocycles. The molecule has 6 heteroatoms. The average molecular weight is 301 g/mol. The van der Waals surface area contributed by atoms with Gasteiger partial charge in [0, 0.05) is 16.8 Å². The Balaban J connectivity index is 2.01. The third-order valence-electron chi connectivity index (χ3n) is 4.27. The Bertz CT molecular complexity index is 1160. The number of pyridine rings is 1. The molecule has 1 aromatic carbocycles. The van der Waals surface area contributed by atoms with Gasteiger partial charge in [-0.05, 0) is 25.5 Å². The molecule has 0 atom stereocenters. The lowest BCUT2D eigenvalue weighted by atomic mass is 10.1. The summed E-state index contributed by atoms with van der Waals surface area (Å²) in [5.74, 6) is -0.106. The lowest BCUT2D eigenvalue weighted by molar-refractivity contribution is 0.103. The standard InChI is InChI=1S/C17H11N5O/c1-8-7-9(2)18-16-12(8)17-20-19-13-14(22(17)21-16)10-5-3-4-6-11(10)15(13)23/h3-7H,1-2H3. The number of aromatic nitrogens is 5. The van der Waals surface area contributed by atoms with E-state index in [1.54, 1.807) is 4.52 Å². The van der Waals surface area contributed by atoms with Crippen LogP contribution in [0.2, 0.25) is 0 Å². The first-order valence-electron chi connectivity index (χ1n) is 7.32. The van der Waals surface area contributed by atoms with Gasteiger partial charge in [-0.25, -0.2) is 9.50 Å². The summed E-state index contributed by atoms with van der Waals surface area (Å²) in [7, 11) is 0. The molecule has 5 rings (SSSR count). The van der Waals surface area contributed by atoms with Gasteiger partial charge < -0.3 is 0 Å². The van der Waals surface area contributed by atoms with E-state index in [-0.39, 0.29) is 5.78 Å². The van der Waals surface area contributed by atoms with E-state index in [1.165, 1.54) is 0 Å². The number of nitrogens with zero attached hydrogens (tertiary/aromatic N) is 5. The summed E-state index contributed by atoms with van der Waals surface area (Å²) in [5, 5.41) is 13.9. The average Bonchev–Trinajstić information content (AvgIpc) is 3.04. The van der Waals surface area contributed by atoms with E-state index in [0.29, 0.717) is 28.2 Å². The van der Waals surface area contributed by atoms with E-state index >= 15 is 0 Å². The van der Waals surface area contributed by atoms with E-state index < -0.39 is 0 Å². The smallest absolute Gasteiger partial charge is 0.216 e. The molecule has 0 amide bonds. The predicted molar refractivity (Wildman–Crippen MR) is 84.4 cm³/mol. The maximum absolute atomic E-state index is 12.5. The largest absolute Gasteiger partial charge is 0.287 e. The van der Waals surface area contributed by atoms with E-state index in [9.17, 15) is 4.79 Å². The Kier molecular flexibility index (Phi) is 2.15. The van der Waals surface area contributed by atoms with Crippen molar-refractivity contribution in [3.63, 3.8) is 0 Å². The molecule has 23 heavy (non-hydrogen) atoms. The van der Waals surface area contributed by atoms with E-state index in [1.807, 2.05) is 44.2 Å². The Labute approximate surface area is 130 Å². The summed E-state index contributed by atoms with van der Waals surface area (Å²) in [6.07, 6.45) is 0. The second kappa shape index (κ2) is 3.98. The topological polar surface area (TPSA) is 73.0 Å². The molecule has 0 saturated carbocycles. The quantitative estimate of drug-likeness (QED) is 0.439. The number of rotatable bonds is 0. The van der Waals surface area contributed by atoms with Crippen LogP contribution in [-0.2, 0) is 0 Å². The third kappa shape index (κ3) is 1.45. The van der Waals surface area contributed by atoms with Gasteiger partial charge in [0.1, 0.15) is 5.69 Å². The van der Waals surface area contributed by atoms with Gasteiger partial charge in [0.05, 0.1) is 5.39 Å². The summed E-state index contributed by atoms with van der Waals surface area (Å²) < 4.78 is 1.70. The first kappa shape index (κ1) is 12.4. The van der Waals surface area contributed by atoms with Crippen LogP contribution < -0.4 is 0 Å². The number of carbonyl (C=O) groups excluding carboxylic acids is 1. The van der Waals surface area contributed by atoms with Crippen LogP contribution in [0.4, 0.5) is 0 Å². The van der Waals surface area contributed by atoms with Gasteiger partial charge in [-0.15, -0.1) is 15.3 Å². The van der Waals surface area contributed by atoms with Gasteiger partial charge in [0.2, 0.25) is 5.78 Å². The highest BCUT2D eigenvalue weighted by atomic mass is 16.1. The van der Waals surface area contributed by atoms with Gasteiger partial charge in [0.15, 0.2) is 17.0 Å². The fourth-order valence-electron chi connectivity index (χ4n) is 3.32. The maximum atomic E-state index is 12.5. The van der Waals surface area contributed by atoms with Crippen molar-refractivity contribution in [1.82, 2.24) is 24.8 Å². The summed E-state index contributed by atoms with van der Waals surface area (Å²) in [4.78, 5) is 17.0. The molecular weight excluding hydrogens is 290 g/mol. The lowest BCUT2D eigenvalue weighted by Gasteiger charge is -2.01. The molecule has 0 bridgehead atoms. The van der Waals surface area contributed by atoms with Crippen LogP contribution in [0.1, 0.15) is 27.3 Å². The molecular formula is C17H11N5O. The number of aryl methyl sites for hydroxylation is 2. The molecule has 0 radical (unpaired) electrons. The zero-order valence-electron chi connectivity index (χ0n) is 12.5. The summed E-state index contributed by atoms with van der Waals surface area (Å²) in [5.41, 5.74) is 5.75. The molecule has 1 aliphatic carbocycles. The Morgan fingerprint density at radius 2 is 1.83 bits per heavy atom. The fourth-order valence-corrected chi connectivity index (χ4v) is 3.32. The van der Waals surface area contributed by atoms with Crippen molar-refractivity contribution in [2.75, 3.05) is 0 Å². The molecule has 110 valence electrons. The normalized spacial score (nSPS) is 12.9.